The van der Waals surface area contributed by atoms with Crippen molar-refractivity contribution in [3.05, 3.63) is 75.1 Å². The molecule has 8 nitrogen and oxygen atoms in total. The topological polar surface area (TPSA) is 104 Å². The van der Waals surface area contributed by atoms with Crippen molar-refractivity contribution in [2.24, 2.45) is 0 Å². The van der Waals surface area contributed by atoms with Gasteiger partial charge in [-0.3, -0.25) is 9.36 Å². The molecular formula is C21H15F2N5O3. The van der Waals surface area contributed by atoms with Crippen LogP contribution in [0.5, 0.6) is 5.88 Å². The average Bonchev–Trinajstić information content (AvgIpc) is 3.38. The van der Waals surface area contributed by atoms with Crippen molar-refractivity contribution in [2.75, 3.05) is 6.54 Å². The van der Waals surface area contributed by atoms with Crippen LogP contribution in [0.3, 0.4) is 0 Å². The van der Waals surface area contributed by atoms with E-state index in [9.17, 15) is 23.5 Å². The van der Waals surface area contributed by atoms with Crippen molar-refractivity contribution >= 4 is 5.91 Å². The van der Waals surface area contributed by atoms with E-state index in [0.29, 0.717) is 23.7 Å². The molecule has 4 heterocycles. The van der Waals surface area contributed by atoms with Gasteiger partial charge in [0.1, 0.15) is 29.1 Å². The zero-order valence-corrected chi connectivity index (χ0v) is 16.2. The number of hydrogen-bond donors (Lipinski definition) is 1. The van der Waals surface area contributed by atoms with E-state index in [1.807, 2.05) is 6.07 Å². The minimum absolute atomic E-state index is 0.134. The molecule has 1 aromatic carbocycles. The highest BCUT2D eigenvalue weighted by Gasteiger charge is 2.49. The summed E-state index contributed by atoms with van der Waals surface area (Å²) in [7, 11) is 0. The van der Waals surface area contributed by atoms with Crippen LogP contribution < -0.4 is 5.69 Å². The van der Waals surface area contributed by atoms with E-state index in [2.05, 4.69) is 4.98 Å². The molecule has 1 amide bonds. The quantitative estimate of drug-likeness (QED) is 0.681. The predicted octanol–water partition coefficient (Wildman–Crippen LogP) is 2.34. The summed E-state index contributed by atoms with van der Waals surface area (Å²) in [6.45, 7) is 1.85. The Bertz CT molecular complexity index is 1350. The lowest BCUT2D eigenvalue weighted by Crippen LogP contribution is -2.37. The molecule has 0 unspecified atom stereocenters. The minimum Gasteiger partial charge on any atom is -0.493 e. The molecule has 1 saturated heterocycles. The van der Waals surface area contributed by atoms with Crippen LogP contribution in [0.1, 0.15) is 45.8 Å². The van der Waals surface area contributed by atoms with Gasteiger partial charge in [-0.15, -0.1) is 0 Å². The lowest BCUT2D eigenvalue weighted by molar-refractivity contribution is 0.0710. The Morgan fingerprint density at radius 3 is 2.61 bits per heavy atom. The van der Waals surface area contributed by atoms with Crippen LogP contribution in [0.25, 0.3) is 5.69 Å². The van der Waals surface area contributed by atoms with Gasteiger partial charge in [-0.05, 0) is 37.1 Å². The minimum atomic E-state index is -0.859. The Morgan fingerprint density at radius 2 is 1.97 bits per heavy atom. The number of halogens is 2. The number of carbonyl (C=O) groups is 1. The molecule has 31 heavy (non-hydrogen) atoms. The van der Waals surface area contributed by atoms with Gasteiger partial charge in [0.25, 0.3) is 5.91 Å². The Morgan fingerprint density at radius 1 is 1.26 bits per heavy atom. The second-order valence-electron chi connectivity index (χ2n) is 7.69. The predicted molar refractivity (Wildman–Crippen MR) is 103 cm³/mol. The van der Waals surface area contributed by atoms with Crippen molar-refractivity contribution in [2.45, 2.75) is 25.4 Å². The van der Waals surface area contributed by atoms with E-state index < -0.39 is 29.3 Å². The molecule has 2 bridgehead atoms. The highest BCUT2D eigenvalue weighted by Crippen LogP contribution is 2.49. The molecule has 3 aromatic rings. The molecule has 1 fully saturated rings. The molecule has 2 aliphatic rings. The number of hydrogen-bond acceptors (Lipinski definition) is 5. The lowest BCUT2D eigenvalue weighted by Gasteiger charge is -2.27. The Balaban J connectivity index is 1.57. The number of rotatable bonds is 2. The van der Waals surface area contributed by atoms with E-state index in [-0.39, 0.29) is 35.4 Å². The van der Waals surface area contributed by atoms with Gasteiger partial charge in [0, 0.05) is 18.2 Å². The monoisotopic (exact) mass is 423 g/mol. The third-order valence-corrected chi connectivity index (χ3v) is 5.86. The fourth-order valence-corrected chi connectivity index (χ4v) is 4.55. The van der Waals surface area contributed by atoms with Crippen LogP contribution in [0.4, 0.5) is 8.78 Å². The largest absolute Gasteiger partial charge is 0.493 e. The molecule has 0 spiro atoms. The molecular weight excluding hydrogens is 408 g/mol. The maximum atomic E-state index is 13.6. The number of amides is 1. The van der Waals surface area contributed by atoms with Gasteiger partial charge in [0.05, 0.1) is 24.0 Å². The molecule has 0 radical (unpaired) electrons. The lowest BCUT2D eigenvalue weighted by atomic mass is 10.1. The van der Waals surface area contributed by atoms with Crippen molar-refractivity contribution < 1.29 is 18.7 Å². The summed E-state index contributed by atoms with van der Waals surface area (Å²) < 4.78 is 29.7. The molecule has 2 atom stereocenters. The Kier molecular flexibility index (Phi) is 3.98. The maximum Gasteiger partial charge on any atom is 0.336 e. The number of carbonyl (C=O) groups excluding carboxylic acids is 1. The smallest absolute Gasteiger partial charge is 0.336 e. The summed E-state index contributed by atoms with van der Waals surface area (Å²) in [5.74, 6) is -2.62. The van der Waals surface area contributed by atoms with E-state index >= 15 is 0 Å². The van der Waals surface area contributed by atoms with Gasteiger partial charge in [-0.1, -0.05) is 0 Å². The number of nitrogens with zero attached hydrogens (tertiary/aromatic N) is 5. The summed E-state index contributed by atoms with van der Waals surface area (Å²) in [5.41, 5.74) is 0.714. The van der Waals surface area contributed by atoms with Gasteiger partial charge in [0.15, 0.2) is 0 Å². The first-order valence-electron chi connectivity index (χ1n) is 9.50. The number of benzene rings is 1. The molecule has 5 rings (SSSR count). The molecule has 0 aliphatic carbocycles. The van der Waals surface area contributed by atoms with E-state index in [1.54, 1.807) is 13.0 Å². The molecule has 1 N–H and O–H groups in total. The maximum absolute atomic E-state index is 13.6. The second kappa shape index (κ2) is 6.50. The number of aromatic nitrogens is 3. The van der Waals surface area contributed by atoms with Crippen molar-refractivity contribution in [3.8, 4) is 17.6 Å². The number of pyridine rings is 1. The number of aryl methyl sites for hydroxylation is 1. The summed E-state index contributed by atoms with van der Waals surface area (Å²) in [4.78, 5) is 31.4. The zero-order valence-electron chi connectivity index (χ0n) is 16.2. The van der Waals surface area contributed by atoms with Crippen molar-refractivity contribution in [3.63, 3.8) is 0 Å². The van der Waals surface area contributed by atoms with E-state index in [1.165, 1.54) is 15.7 Å². The summed E-state index contributed by atoms with van der Waals surface area (Å²) >= 11 is 0. The van der Waals surface area contributed by atoms with Crippen LogP contribution >= 0.6 is 0 Å². The third kappa shape index (κ3) is 2.66. The Hall–Kier alpha value is -4.00. The molecule has 156 valence electrons. The Labute approximate surface area is 174 Å². The number of imidazole rings is 1. The fraction of sp³-hybridized carbons (Fsp3) is 0.238. The average molecular weight is 423 g/mol. The van der Waals surface area contributed by atoms with E-state index in [4.69, 9.17) is 5.26 Å². The first kappa shape index (κ1) is 19.0. The number of fused-ring (bicyclic) bond motifs is 5. The van der Waals surface area contributed by atoms with Crippen LogP contribution in [0, 0.1) is 29.9 Å². The summed E-state index contributed by atoms with van der Waals surface area (Å²) in [6, 6.07) is 5.15. The standard InChI is InChI=1S/C21H15F2N5O3/c1-10-2-14(8-25-16(10)7-24)28-20(30)18-17-6-15(27(18)21(28)31)9-26(17)19(29)11-3-12(22)5-13(23)4-11/h2-5,8,15,17,30H,6,9H2,1H3/t15-,17-/m0/s1. The number of likely N-dealkylation sites (tertiary alicyclic amines) is 1. The van der Waals surface area contributed by atoms with Crippen molar-refractivity contribution in [1.82, 2.24) is 19.0 Å². The SMILES string of the molecule is Cc1cc(-n2c(O)c3n(c2=O)[C@H]2C[C@@H]3N(C(=O)c3cc(F)cc(F)c3)C2)cnc1C#N. The second-order valence-corrected chi connectivity index (χ2v) is 7.69. The summed E-state index contributed by atoms with van der Waals surface area (Å²) in [5, 5.41) is 19.9. The molecule has 2 aliphatic heterocycles. The van der Waals surface area contributed by atoms with Crippen LogP contribution in [0.15, 0.2) is 35.3 Å². The van der Waals surface area contributed by atoms with Gasteiger partial charge in [-0.25, -0.2) is 23.1 Å². The summed E-state index contributed by atoms with van der Waals surface area (Å²) in [6.07, 6.45) is 1.75. The van der Waals surface area contributed by atoms with Crippen molar-refractivity contribution in [1.29, 1.82) is 5.26 Å². The molecule has 10 heteroatoms. The highest BCUT2D eigenvalue weighted by molar-refractivity contribution is 5.95. The van der Waals surface area contributed by atoms with Crippen LogP contribution in [0.2, 0.25) is 0 Å². The van der Waals surface area contributed by atoms with Gasteiger partial charge >= 0.3 is 5.69 Å². The van der Waals surface area contributed by atoms with Crippen LogP contribution in [-0.4, -0.2) is 36.6 Å². The number of aromatic hydroxyl groups is 1. The first-order valence-corrected chi connectivity index (χ1v) is 9.50. The zero-order chi connectivity index (χ0) is 22.0. The van der Waals surface area contributed by atoms with Gasteiger partial charge in [0.2, 0.25) is 5.88 Å². The molecule has 0 saturated carbocycles. The third-order valence-electron chi connectivity index (χ3n) is 5.86. The van der Waals surface area contributed by atoms with E-state index in [0.717, 1.165) is 16.7 Å². The van der Waals surface area contributed by atoms with Crippen LogP contribution in [-0.2, 0) is 0 Å². The number of nitriles is 1. The van der Waals surface area contributed by atoms with Gasteiger partial charge < -0.3 is 10.0 Å². The fourth-order valence-electron chi connectivity index (χ4n) is 4.55. The van der Waals surface area contributed by atoms with Gasteiger partial charge in [-0.2, -0.15) is 5.26 Å². The first-order chi connectivity index (χ1) is 14.8. The molecule has 2 aromatic heterocycles. The highest BCUT2D eigenvalue weighted by atomic mass is 19.1. The normalized spacial score (nSPS) is 18.8.